The highest BCUT2D eigenvalue weighted by Gasteiger charge is 2.12. The average molecular weight is 295 g/mol. The Balaban J connectivity index is 2.40. The standard InChI is InChI=1S/C16H16ClFO2/c1-9-6-13(7-10(2)16(9)17)20-15-5-4-12(18)8-14(15)11(3)19/h4-8,11,19H,1-3H3. The first-order valence-electron chi connectivity index (χ1n) is 6.30. The highest BCUT2D eigenvalue weighted by molar-refractivity contribution is 6.32. The van der Waals surface area contributed by atoms with Crippen molar-refractivity contribution in [2.24, 2.45) is 0 Å². The Morgan fingerprint density at radius 2 is 1.75 bits per heavy atom. The molecule has 0 saturated heterocycles. The van der Waals surface area contributed by atoms with Gasteiger partial charge in [-0.3, -0.25) is 0 Å². The summed E-state index contributed by atoms with van der Waals surface area (Å²) in [5.41, 5.74) is 2.22. The average Bonchev–Trinajstić information content (AvgIpc) is 2.37. The Labute approximate surface area is 122 Å². The maximum Gasteiger partial charge on any atom is 0.133 e. The Morgan fingerprint density at radius 1 is 1.15 bits per heavy atom. The third kappa shape index (κ3) is 3.11. The van der Waals surface area contributed by atoms with Gasteiger partial charge in [-0.15, -0.1) is 0 Å². The van der Waals surface area contributed by atoms with E-state index >= 15 is 0 Å². The molecule has 0 saturated carbocycles. The zero-order valence-electron chi connectivity index (χ0n) is 11.6. The summed E-state index contributed by atoms with van der Waals surface area (Å²) in [6.07, 6.45) is -0.810. The molecule has 0 radical (unpaired) electrons. The zero-order chi connectivity index (χ0) is 14.9. The lowest BCUT2D eigenvalue weighted by molar-refractivity contribution is 0.195. The second-order valence-electron chi connectivity index (χ2n) is 4.83. The number of benzene rings is 2. The number of hydrogen-bond acceptors (Lipinski definition) is 2. The van der Waals surface area contributed by atoms with Crippen molar-refractivity contribution in [2.45, 2.75) is 26.9 Å². The number of aliphatic hydroxyl groups is 1. The van der Waals surface area contributed by atoms with Gasteiger partial charge in [0.25, 0.3) is 0 Å². The van der Waals surface area contributed by atoms with Crippen LogP contribution in [0, 0.1) is 19.7 Å². The fraction of sp³-hybridized carbons (Fsp3) is 0.250. The van der Waals surface area contributed by atoms with E-state index in [1.807, 2.05) is 26.0 Å². The number of aryl methyl sites for hydroxylation is 2. The van der Waals surface area contributed by atoms with Gasteiger partial charge < -0.3 is 9.84 Å². The molecule has 0 aromatic heterocycles. The second kappa shape index (κ2) is 5.81. The molecule has 1 N–H and O–H groups in total. The minimum absolute atomic E-state index is 0.406. The molecule has 20 heavy (non-hydrogen) atoms. The van der Waals surface area contributed by atoms with E-state index in [0.717, 1.165) is 11.1 Å². The van der Waals surface area contributed by atoms with Gasteiger partial charge in [0, 0.05) is 10.6 Å². The summed E-state index contributed by atoms with van der Waals surface area (Å²) >= 11 is 6.11. The molecule has 1 unspecified atom stereocenters. The maximum absolute atomic E-state index is 13.2. The Bertz CT molecular complexity index is 615. The molecule has 106 valence electrons. The van der Waals surface area contributed by atoms with Crippen molar-refractivity contribution < 1.29 is 14.2 Å². The molecule has 2 nitrogen and oxygen atoms in total. The molecule has 2 rings (SSSR count). The highest BCUT2D eigenvalue weighted by Crippen LogP contribution is 2.33. The van der Waals surface area contributed by atoms with Gasteiger partial charge in [-0.1, -0.05) is 11.6 Å². The van der Waals surface area contributed by atoms with Crippen LogP contribution in [-0.2, 0) is 0 Å². The van der Waals surface area contributed by atoms with E-state index in [0.29, 0.717) is 22.1 Å². The van der Waals surface area contributed by atoms with Crippen LogP contribution in [0.25, 0.3) is 0 Å². The van der Waals surface area contributed by atoms with Crippen LogP contribution in [0.15, 0.2) is 30.3 Å². The quantitative estimate of drug-likeness (QED) is 0.868. The Kier molecular flexibility index (Phi) is 4.31. The topological polar surface area (TPSA) is 29.5 Å². The monoisotopic (exact) mass is 294 g/mol. The van der Waals surface area contributed by atoms with Crippen LogP contribution in [-0.4, -0.2) is 5.11 Å². The first-order valence-corrected chi connectivity index (χ1v) is 6.68. The molecule has 0 spiro atoms. The van der Waals surface area contributed by atoms with Gasteiger partial charge in [0.1, 0.15) is 17.3 Å². The Hall–Kier alpha value is -1.58. The summed E-state index contributed by atoms with van der Waals surface area (Å²) < 4.78 is 19.0. The molecular weight excluding hydrogens is 279 g/mol. The van der Waals surface area contributed by atoms with Crippen molar-refractivity contribution in [3.05, 3.63) is 57.9 Å². The van der Waals surface area contributed by atoms with E-state index in [2.05, 4.69) is 0 Å². The first kappa shape index (κ1) is 14.8. The van der Waals surface area contributed by atoms with E-state index in [-0.39, 0.29) is 0 Å². The van der Waals surface area contributed by atoms with Crippen molar-refractivity contribution in [3.8, 4) is 11.5 Å². The summed E-state index contributed by atoms with van der Waals surface area (Å²) in [6, 6.07) is 7.71. The fourth-order valence-corrected chi connectivity index (χ4v) is 2.14. The number of aliphatic hydroxyl groups excluding tert-OH is 1. The van der Waals surface area contributed by atoms with Crippen molar-refractivity contribution >= 4 is 11.6 Å². The third-order valence-corrected chi connectivity index (χ3v) is 3.66. The second-order valence-corrected chi connectivity index (χ2v) is 5.21. The van der Waals surface area contributed by atoms with Gasteiger partial charge in [0.15, 0.2) is 0 Å². The van der Waals surface area contributed by atoms with Gasteiger partial charge in [-0.05, 0) is 62.2 Å². The van der Waals surface area contributed by atoms with Gasteiger partial charge in [-0.2, -0.15) is 0 Å². The lowest BCUT2D eigenvalue weighted by Gasteiger charge is -2.14. The van der Waals surface area contributed by atoms with Crippen LogP contribution in [0.1, 0.15) is 29.7 Å². The van der Waals surface area contributed by atoms with Crippen molar-refractivity contribution in [3.63, 3.8) is 0 Å². The molecule has 0 fully saturated rings. The minimum Gasteiger partial charge on any atom is -0.457 e. The lowest BCUT2D eigenvalue weighted by atomic mass is 10.1. The fourth-order valence-electron chi connectivity index (χ4n) is 2.03. The van der Waals surface area contributed by atoms with Crippen LogP contribution >= 0.6 is 11.6 Å². The predicted octanol–water partition coefficient (Wildman–Crippen LogP) is 4.94. The number of halogens is 2. The first-order chi connectivity index (χ1) is 9.38. The van der Waals surface area contributed by atoms with Crippen LogP contribution in [0.5, 0.6) is 11.5 Å². The van der Waals surface area contributed by atoms with Crippen molar-refractivity contribution in [1.82, 2.24) is 0 Å². The van der Waals surface area contributed by atoms with Crippen LogP contribution in [0.4, 0.5) is 4.39 Å². The minimum atomic E-state index is -0.810. The summed E-state index contributed by atoms with van der Waals surface area (Å²) in [5, 5.41) is 10.4. The van der Waals surface area contributed by atoms with Gasteiger partial charge in [-0.25, -0.2) is 4.39 Å². The highest BCUT2D eigenvalue weighted by atomic mass is 35.5. The molecule has 0 heterocycles. The van der Waals surface area contributed by atoms with Crippen LogP contribution < -0.4 is 4.74 Å². The number of hydrogen-bond donors (Lipinski definition) is 1. The van der Waals surface area contributed by atoms with E-state index in [9.17, 15) is 9.50 Å². The van der Waals surface area contributed by atoms with E-state index < -0.39 is 11.9 Å². The third-order valence-electron chi connectivity index (χ3n) is 3.06. The number of rotatable bonds is 3. The molecule has 1 atom stereocenters. The molecule has 0 aliphatic rings. The van der Waals surface area contributed by atoms with Gasteiger partial charge in [0.2, 0.25) is 0 Å². The predicted molar refractivity (Wildman–Crippen MR) is 78.0 cm³/mol. The summed E-state index contributed by atoms with van der Waals surface area (Å²) in [5.74, 6) is 0.636. The van der Waals surface area contributed by atoms with E-state index in [1.54, 1.807) is 6.92 Å². The normalized spacial score (nSPS) is 12.3. The zero-order valence-corrected chi connectivity index (χ0v) is 12.3. The van der Waals surface area contributed by atoms with Crippen molar-refractivity contribution in [1.29, 1.82) is 0 Å². The molecular formula is C16H16ClFO2. The Morgan fingerprint density at radius 3 is 2.30 bits per heavy atom. The van der Waals surface area contributed by atoms with Crippen molar-refractivity contribution in [2.75, 3.05) is 0 Å². The maximum atomic E-state index is 13.2. The largest absolute Gasteiger partial charge is 0.457 e. The summed E-state index contributed by atoms with van der Waals surface area (Å²) in [6.45, 7) is 5.35. The molecule has 0 amide bonds. The number of ether oxygens (including phenoxy) is 1. The van der Waals surface area contributed by atoms with Gasteiger partial charge in [0.05, 0.1) is 6.10 Å². The van der Waals surface area contributed by atoms with Crippen LogP contribution in [0.2, 0.25) is 5.02 Å². The molecule has 0 aliphatic heterocycles. The molecule has 0 aliphatic carbocycles. The lowest BCUT2D eigenvalue weighted by Crippen LogP contribution is -1.97. The molecule has 2 aromatic rings. The molecule has 2 aromatic carbocycles. The smallest absolute Gasteiger partial charge is 0.133 e. The molecule has 4 heteroatoms. The van der Waals surface area contributed by atoms with Crippen LogP contribution in [0.3, 0.4) is 0 Å². The SMILES string of the molecule is Cc1cc(Oc2ccc(F)cc2C(C)O)cc(C)c1Cl. The van der Waals surface area contributed by atoms with Gasteiger partial charge >= 0.3 is 0 Å². The van der Waals surface area contributed by atoms with E-state index in [4.69, 9.17) is 16.3 Å². The molecule has 0 bridgehead atoms. The summed E-state index contributed by atoms with van der Waals surface area (Å²) in [4.78, 5) is 0. The summed E-state index contributed by atoms with van der Waals surface area (Å²) in [7, 11) is 0. The van der Waals surface area contributed by atoms with E-state index in [1.165, 1.54) is 18.2 Å².